The summed E-state index contributed by atoms with van der Waals surface area (Å²) < 4.78 is 5.46. The molecule has 2 N–H and O–H groups in total. The summed E-state index contributed by atoms with van der Waals surface area (Å²) in [6.45, 7) is 0. The lowest BCUT2D eigenvalue weighted by atomic mass is 9.89. The number of carbonyl (C=O) groups is 1. The van der Waals surface area contributed by atoms with Crippen molar-refractivity contribution in [2.24, 2.45) is 5.73 Å². The Hall–Kier alpha value is -2.28. The normalized spacial score (nSPS) is 14.4. The maximum Gasteiger partial charge on any atom is 0.259 e. The number of rotatable bonds is 3. The van der Waals surface area contributed by atoms with Crippen molar-refractivity contribution in [1.82, 2.24) is 0 Å². The molecular formula is C15H16N2O2. The molecule has 0 aliphatic heterocycles. The minimum Gasteiger partial charge on any atom is -0.496 e. The summed E-state index contributed by atoms with van der Waals surface area (Å²) in [6, 6.07) is 5.73. The van der Waals surface area contributed by atoms with Crippen LogP contribution in [-0.2, 0) is 17.6 Å². The van der Waals surface area contributed by atoms with Gasteiger partial charge in [0.1, 0.15) is 17.4 Å². The quantitative estimate of drug-likeness (QED) is 0.663. The standard InChI is InChI=1S/C15H16N2O2/c1-19-14-11(8-12(9-16)15(17)18)7-6-10-4-2-3-5-13(10)14/h6-8H,2-5H2,1H3,(H2,17,18)/b12-8-. The molecule has 1 aliphatic rings. The molecular weight excluding hydrogens is 240 g/mol. The Morgan fingerprint density at radius 2 is 2.16 bits per heavy atom. The van der Waals surface area contributed by atoms with Crippen molar-refractivity contribution in [2.45, 2.75) is 25.7 Å². The van der Waals surface area contributed by atoms with Crippen LogP contribution in [0.15, 0.2) is 17.7 Å². The van der Waals surface area contributed by atoms with Crippen LogP contribution in [0.4, 0.5) is 0 Å². The predicted octanol–water partition coefficient (Wildman–Crippen LogP) is 1.97. The summed E-state index contributed by atoms with van der Waals surface area (Å²) in [5, 5.41) is 8.90. The van der Waals surface area contributed by atoms with Crippen molar-refractivity contribution in [1.29, 1.82) is 5.26 Å². The molecule has 0 aromatic heterocycles. The summed E-state index contributed by atoms with van der Waals surface area (Å²) in [6.07, 6.45) is 5.85. The van der Waals surface area contributed by atoms with E-state index in [0.717, 1.165) is 30.6 Å². The van der Waals surface area contributed by atoms with E-state index in [9.17, 15) is 4.79 Å². The Bertz CT molecular complexity index is 583. The molecule has 4 heteroatoms. The number of methoxy groups -OCH3 is 1. The molecule has 0 radical (unpaired) electrons. The first-order chi connectivity index (χ1) is 9.17. The van der Waals surface area contributed by atoms with Crippen molar-refractivity contribution in [3.63, 3.8) is 0 Å². The molecule has 0 bridgehead atoms. The third-order valence-corrected chi connectivity index (χ3v) is 3.40. The summed E-state index contributed by atoms with van der Waals surface area (Å²) >= 11 is 0. The van der Waals surface area contributed by atoms with Gasteiger partial charge in [-0.25, -0.2) is 0 Å². The van der Waals surface area contributed by atoms with Gasteiger partial charge in [-0.15, -0.1) is 0 Å². The fourth-order valence-corrected chi connectivity index (χ4v) is 2.48. The van der Waals surface area contributed by atoms with Crippen molar-refractivity contribution >= 4 is 12.0 Å². The second-order valence-electron chi connectivity index (χ2n) is 4.57. The number of fused-ring (bicyclic) bond motifs is 1. The molecule has 0 saturated heterocycles. The molecule has 98 valence electrons. The van der Waals surface area contributed by atoms with E-state index in [1.165, 1.54) is 23.6 Å². The third kappa shape index (κ3) is 2.60. The van der Waals surface area contributed by atoms with Gasteiger partial charge in [0.2, 0.25) is 0 Å². The zero-order valence-corrected chi connectivity index (χ0v) is 10.9. The number of benzene rings is 1. The van der Waals surface area contributed by atoms with Gasteiger partial charge < -0.3 is 10.5 Å². The lowest BCUT2D eigenvalue weighted by Crippen LogP contribution is -2.12. The van der Waals surface area contributed by atoms with Gasteiger partial charge in [-0.05, 0) is 42.9 Å². The molecule has 1 aliphatic carbocycles. The second-order valence-corrected chi connectivity index (χ2v) is 4.57. The summed E-state index contributed by atoms with van der Waals surface area (Å²) in [5.74, 6) is 0.0356. The molecule has 0 spiro atoms. The van der Waals surface area contributed by atoms with Gasteiger partial charge >= 0.3 is 0 Å². The number of nitrogens with two attached hydrogens (primary N) is 1. The smallest absolute Gasteiger partial charge is 0.259 e. The molecule has 1 aromatic carbocycles. The minimum atomic E-state index is -0.720. The van der Waals surface area contributed by atoms with Gasteiger partial charge in [-0.3, -0.25) is 4.79 Å². The van der Waals surface area contributed by atoms with Crippen LogP contribution in [0.25, 0.3) is 6.08 Å². The van der Waals surface area contributed by atoms with E-state index in [2.05, 4.69) is 0 Å². The van der Waals surface area contributed by atoms with Crippen LogP contribution in [0.1, 0.15) is 29.5 Å². The lowest BCUT2D eigenvalue weighted by Gasteiger charge is -2.20. The maximum absolute atomic E-state index is 11.1. The summed E-state index contributed by atoms with van der Waals surface area (Å²) in [7, 11) is 1.61. The Morgan fingerprint density at radius 1 is 1.42 bits per heavy atom. The van der Waals surface area contributed by atoms with Gasteiger partial charge in [-0.1, -0.05) is 12.1 Å². The molecule has 2 rings (SSSR count). The molecule has 0 fully saturated rings. The monoisotopic (exact) mass is 256 g/mol. The highest BCUT2D eigenvalue weighted by Gasteiger charge is 2.17. The van der Waals surface area contributed by atoms with Gasteiger partial charge in [-0.2, -0.15) is 5.26 Å². The zero-order valence-electron chi connectivity index (χ0n) is 10.9. The average Bonchev–Trinajstić information content (AvgIpc) is 2.43. The Morgan fingerprint density at radius 3 is 2.79 bits per heavy atom. The molecule has 1 amide bonds. The molecule has 1 aromatic rings. The number of nitrogens with zero attached hydrogens (tertiary/aromatic N) is 1. The fourth-order valence-electron chi connectivity index (χ4n) is 2.48. The van der Waals surface area contributed by atoms with Crippen LogP contribution < -0.4 is 10.5 Å². The topological polar surface area (TPSA) is 76.1 Å². The number of hydrogen-bond acceptors (Lipinski definition) is 3. The van der Waals surface area contributed by atoms with E-state index in [1.54, 1.807) is 7.11 Å². The number of amides is 1. The predicted molar refractivity (Wildman–Crippen MR) is 72.4 cm³/mol. The molecule has 0 atom stereocenters. The van der Waals surface area contributed by atoms with Gasteiger partial charge in [0.15, 0.2) is 0 Å². The average molecular weight is 256 g/mol. The summed E-state index contributed by atoms with van der Waals surface area (Å²) in [4.78, 5) is 11.1. The van der Waals surface area contributed by atoms with Crippen LogP contribution in [0.3, 0.4) is 0 Å². The van der Waals surface area contributed by atoms with Crippen molar-refractivity contribution in [3.8, 4) is 11.8 Å². The number of ether oxygens (including phenoxy) is 1. The third-order valence-electron chi connectivity index (χ3n) is 3.40. The van der Waals surface area contributed by atoms with E-state index in [0.29, 0.717) is 0 Å². The summed E-state index contributed by atoms with van der Waals surface area (Å²) in [5.41, 5.74) is 8.30. The van der Waals surface area contributed by atoms with Crippen LogP contribution in [0, 0.1) is 11.3 Å². The van der Waals surface area contributed by atoms with Crippen LogP contribution in [0.5, 0.6) is 5.75 Å². The van der Waals surface area contributed by atoms with E-state index in [-0.39, 0.29) is 5.57 Å². The lowest BCUT2D eigenvalue weighted by molar-refractivity contribution is -0.114. The highest BCUT2D eigenvalue weighted by Crippen LogP contribution is 2.33. The molecule has 4 nitrogen and oxygen atoms in total. The number of hydrogen-bond donors (Lipinski definition) is 1. The number of carbonyl (C=O) groups excluding carboxylic acids is 1. The number of primary amides is 1. The SMILES string of the molecule is COc1c(/C=C(/C#N)C(N)=O)ccc2c1CCCC2. The van der Waals surface area contributed by atoms with Gasteiger partial charge in [0, 0.05) is 5.56 Å². The number of nitriles is 1. The van der Waals surface area contributed by atoms with E-state index in [4.69, 9.17) is 15.7 Å². The van der Waals surface area contributed by atoms with E-state index >= 15 is 0 Å². The van der Waals surface area contributed by atoms with Crippen molar-refractivity contribution in [3.05, 3.63) is 34.4 Å². The second kappa shape index (κ2) is 5.57. The Kier molecular flexibility index (Phi) is 3.86. The van der Waals surface area contributed by atoms with E-state index < -0.39 is 5.91 Å². The molecule has 0 unspecified atom stereocenters. The first-order valence-corrected chi connectivity index (χ1v) is 6.27. The van der Waals surface area contributed by atoms with Crippen LogP contribution in [0.2, 0.25) is 0 Å². The minimum absolute atomic E-state index is 0.0611. The molecule has 0 heterocycles. The van der Waals surface area contributed by atoms with Gasteiger partial charge in [0.05, 0.1) is 7.11 Å². The fraction of sp³-hybridized carbons (Fsp3) is 0.333. The van der Waals surface area contributed by atoms with Gasteiger partial charge in [0.25, 0.3) is 5.91 Å². The zero-order chi connectivity index (χ0) is 13.8. The Balaban J connectivity index is 2.53. The first kappa shape index (κ1) is 13.2. The van der Waals surface area contributed by atoms with E-state index in [1.807, 2.05) is 18.2 Å². The van der Waals surface area contributed by atoms with Crippen molar-refractivity contribution < 1.29 is 9.53 Å². The largest absolute Gasteiger partial charge is 0.496 e. The molecule has 19 heavy (non-hydrogen) atoms. The number of aryl methyl sites for hydroxylation is 1. The van der Waals surface area contributed by atoms with Crippen molar-refractivity contribution in [2.75, 3.05) is 7.11 Å². The highest BCUT2D eigenvalue weighted by molar-refractivity contribution is 6.00. The van der Waals surface area contributed by atoms with Crippen LogP contribution in [-0.4, -0.2) is 13.0 Å². The maximum atomic E-state index is 11.1. The first-order valence-electron chi connectivity index (χ1n) is 6.27. The molecule has 0 saturated carbocycles. The Labute approximate surface area is 112 Å². The van der Waals surface area contributed by atoms with Crippen LogP contribution >= 0.6 is 0 Å². The highest BCUT2D eigenvalue weighted by atomic mass is 16.5.